The quantitative estimate of drug-likeness (QED) is 0.805. The van der Waals surface area contributed by atoms with E-state index in [-0.39, 0.29) is 20.1 Å². The first-order valence-corrected chi connectivity index (χ1v) is 8.81. The van der Waals surface area contributed by atoms with Crippen LogP contribution in [0.4, 0.5) is 0 Å². The molecular weight excluding hydrogens is 382 g/mol. The molecule has 114 valence electrons. The van der Waals surface area contributed by atoms with Crippen molar-refractivity contribution in [3.63, 3.8) is 0 Å². The average molecular weight is 394 g/mol. The molecule has 2 rings (SSSR count). The zero-order valence-corrected chi connectivity index (χ0v) is 14.3. The van der Waals surface area contributed by atoms with E-state index < -0.39 is 16.0 Å². The summed E-state index contributed by atoms with van der Waals surface area (Å²) in [5.74, 6) is -1.16. The van der Waals surface area contributed by atoms with Gasteiger partial charge in [0, 0.05) is 24.8 Å². The second-order valence-corrected chi connectivity index (χ2v) is 8.36. The molecule has 0 amide bonds. The molecule has 21 heavy (non-hydrogen) atoms. The van der Waals surface area contributed by atoms with Gasteiger partial charge < -0.3 is 5.11 Å². The summed E-state index contributed by atoms with van der Waals surface area (Å²) in [6, 6.07) is 1.13. The fraction of sp³-hybridized carbons (Fsp3) is 0.273. The first-order valence-electron chi connectivity index (χ1n) is 5.72. The van der Waals surface area contributed by atoms with Crippen molar-refractivity contribution in [3.05, 3.63) is 32.2 Å². The van der Waals surface area contributed by atoms with Crippen LogP contribution in [0.25, 0.3) is 0 Å². The minimum Gasteiger partial charge on any atom is -0.477 e. The normalized spacial score (nSPS) is 11.8. The SMILES string of the molecule is Cc1c(CNS(=O)(=O)c2cc(C(=O)O)sc2Br)cnn1C. The van der Waals surface area contributed by atoms with Gasteiger partial charge in [0.2, 0.25) is 10.0 Å². The number of hydrogen-bond acceptors (Lipinski definition) is 5. The van der Waals surface area contributed by atoms with Gasteiger partial charge in [0.15, 0.2) is 0 Å². The van der Waals surface area contributed by atoms with E-state index in [1.165, 1.54) is 0 Å². The van der Waals surface area contributed by atoms with E-state index in [9.17, 15) is 13.2 Å². The van der Waals surface area contributed by atoms with E-state index in [4.69, 9.17) is 5.11 Å². The highest BCUT2D eigenvalue weighted by atomic mass is 79.9. The highest BCUT2D eigenvalue weighted by Crippen LogP contribution is 2.31. The van der Waals surface area contributed by atoms with Crippen molar-refractivity contribution in [1.82, 2.24) is 14.5 Å². The molecule has 0 radical (unpaired) electrons. The fourth-order valence-corrected chi connectivity index (χ4v) is 5.02. The lowest BCUT2D eigenvalue weighted by Crippen LogP contribution is -2.23. The summed E-state index contributed by atoms with van der Waals surface area (Å²) >= 11 is 3.95. The van der Waals surface area contributed by atoms with E-state index in [1.807, 2.05) is 6.92 Å². The lowest BCUT2D eigenvalue weighted by atomic mass is 10.3. The van der Waals surface area contributed by atoms with Crippen LogP contribution >= 0.6 is 27.3 Å². The number of nitrogens with one attached hydrogen (secondary N) is 1. The highest BCUT2D eigenvalue weighted by Gasteiger charge is 2.23. The van der Waals surface area contributed by atoms with Crippen LogP contribution in [-0.4, -0.2) is 29.3 Å². The average Bonchev–Trinajstić information content (AvgIpc) is 2.93. The van der Waals surface area contributed by atoms with Gasteiger partial charge >= 0.3 is 5.97 Å². The van der Waals surface area contributed by atoms with Crippen molar-refractivity contribution in [2.24, 2.45) is 7.05 Å². The third-order valence-corrected chi connectivity index (χ3v) is 6.59. The Bertz CT molecular complexity index is 794. The number of hydrogen-bond donors (Lipinski definition) is 2. The molecule has 0 saturated heterocycles. The molecular formula is C11H12BrN3O4S2. The van der Waals surface area contributed by atoms with Crippen LogP contribution < -0.4 is 4.72 Å². The Morgan fingerprint density at radius 1 is 1.57 bits per heavy atom. The minimum atomic E-state index is -3.80. The number of aromatic nitrogens is 2. The van der Waals surface area contributed by atoms with E-state index in [0.29, 0.717) is 0 Å². The van der Waals surface area contributed by atoms with Gasteiger partial charge in [-0.05, 0) is 28.9 Å². The van der Waals surface area contributed by atoms with Crippen molar-refractivity contribution in [2.75, 3.05) is 0 Å². The third-order valence-electron chi connectivity index (χ3n) is 2.95. The van der Waals surface area contributed by atoms with Gasteiger partial charge in [-0.2, -0.15) is 5.10 Å². The number of aryl methyl sites for hydroxylation is 1. The zero-order chi connectivity index (χ0) is 15.8. The molecule has 2 N–H and O–H groups in total. The van der Waals surface area contributed by atoms with Gasteiger partial charge in [0.1, 0.15) is 9.77 Å². The van der Waals surface area contributed by atoms with Gasteiger partial charge in [-0.15, -0.1) is 11.3 Å². The molecule has 2 aromatic rings. The summed E-state index contributed by atoms with van der Waals surface area (Å²) in [5.41, 5.74) is 1.61. The van der Waals surface area contributed by atoms with Crippen molar-refractivity contribution in [3.8, 4) is 0 Å². The topological polar surface area (TPSA) is 101 Å². The summed E-state index contributed by atoms with van der Waals surface area (Å²) in [6.45, 7) is 1.92. The smallest absolute Gasteiger partial charge is 0.345 e. The molecule has 0 aliphatic rings. The molecule has 2 heterocycles. The number of aromatic carboxylic acids is 1. The molecule has 0 aliphatic carbocycles. The van der Waals surface area contributed by atoms with Gasteiger partial charge in [0.25, 0.3) is 0 Å². The predicted molar refractivity (Wildman–Crippen MR) is 80.9 cm³/mol. The van der Waals surface area contributed by atoms with Crippen LogP contribution in [0.15, 0.2) is 20.9 Å². The Labute approximate surface area is 133 Å². The number of rotatable bonds is 5. The summed E-state index contributed by atoms with van der Waals surface area (Å²) < 4.78 is 28.8. The Morgan fingerprint density at radius 3 is 2.71 bits per heavy atom. The summed E-state index contributed by atoms with van der Waals surface area (Å²) in [6.07, 6.45) is 1.59. The molecule has 0 aromatic carbocycles. The van der Waals surface area contributed by atoms with Crippen LogP contribution in [0.5, 0.6) is 0 Å². The number of thiophene rings is 1. The van der Waals surface area contributed by atoms with Crippen molar-refractivity contribution < 1.29 is 18.3 Å². The molecule has 0 atom stereocenters. The van der Waals surface area contributed by atoms with E-state index in [1.54, 1.807) is 17.9 Å². The molecule has 0 aliphatic heterocycles. The fourth-order valence-electron chi connectivity index (χ4n) is 1.61. The van der Waals surface area contributed by atoms with Crippen molar-refractivity contribution >= 4 is 43.3 Å². The molecule has 2 aromatic heterocycles. The second-order valence-electron chi connectivity index (χ2n) is 4.26. The first kappa shape index (κ1) is 16.1. The number of nitrogens with zero attached hydrogens (tertiary/aromatic N) is 2. The maximum atomic E-state index is 12.2. The van der Waals surface area contributed by atoms with E-state index >= 15 is 0 Å². The highest BCUT2D eigenvalue weighted by molar-refractivity contribution is 9.11. The van der Waals surface area contributed by atoms with Crippen LogP contribution in [-0.2, 0) is 23.6 Å². The first-order chi connectivity index (χ1) is 9.72. The monoisotopic (exact) mass is 393 g/mol. The zero-order valence-electron chi connectivity index (χ0n) is 11.1. The van der Waals surface area contributed by atoms with E-state index in [0.717, 1.165) is 28.7 Å². The second kappa shape index (κ2) is 5.87. The van der Waals surface area contributed by atoms with Crippen LogP contribution in [0.1, 0.15) is 20.9 Å². The summed E-state index contributed by atoms with van der Waals surface area (Å²) in [5, 5.41) is 12.9. The molecule has 0 bridgehead atoms. The molecule has 0 saturated carbocycles. The lowest BCUT2D eigenvalue weighted by molar-refractivity contribution is 0.0702. The molecule has 7 nitrogen and oxygen atoms in total. The molecule has 0 spiro atoms. The number of carboxylic acids is 1. The minimum absolute atomic E-state index is 0.0418. The van der Waals surface area contributed by atoms with Gasteiger partial charge in [0.05, 0.1) is 9.98 Å². The van der Waals surface area contributed by atoms with Crippen LogP contribution in [0, 0.1) is 6.92 Å². The van der Waals surface area contributed by atoms with Gasteiger partial charge in [-0.1, -0.05) is 0 Å². The number of carbonyl (C=O) groups is 1. The summed E-state index contributed by atoms with van der Waals surface area (Å²) in [7, 11) is -2.03. The third kappa shape index (κ3) is 3.34. The van der Waals surface area contributed by atoms with Crippen molar-refractivity contribution in [2.45, 2.75) is 18.4 Å². The Balaban J connectivity index is 2.23. The van der Waals surface area contributed by atoms with E-state index in [2.05, 4.69) is 25.8 Å². The van der Waals surface area contributed by atoms with Crippen LogP contribution in [0.2, 0.25) is 0 Å². The molecule has 0 fully saturated rings. The predicted octanol–water partition coefficient (Wildman–Crippen LogP) is 1.73. The number of halogens is 1. The largest absolute Gasteiger partial charge is 0.477 e. The Morgan fingerprint density at radius 2 is 2.24 bits per heavy atom. The van der Waals surface area contributed by atoms with Gasteiger partial charge in [-0.3, -0.25) is 4.68 Å². The molecule has 10 heteroatoms. The van der Waals surface area contributed by atoms with Crippen molar-refractivity contribution in [1.29, 1.82) is 0 Å². The van der Waals surface area contributed by atoms with Crippen LogP contribution in [0.3, 0.4) is 0 Å². The number of carboxylic acid groups (broad SMARTS) is 1. The number of sulfonamides is 1. The lowest BCUT2D eigenvalue weighted by Gasteiger charge is -2.05. The summed E-state index contributed by atoms with van der Waals surface area (Å²) in [4.78, 5) is 10.8. The standard InChI is InChI=1S/C11H12BrN3O4S2/c1-6-7(4-13-15(6)2)5-14-21(18,19)9-3-8(11(16)17)20-10(9)12/h3-4,14H,5H2,1-2H3,(H,16,17). The Hall–Kier alpha value is -1.23. The maximum absolute atomic E-state index is 12.2. The molecule has 0 unspecified atom stereocenters. The Kier molecular flexibility index (Phi) is 4.51. The van der Waals surface area contributed by atoms with Gasteiger partial charge in [-0.25, -0.2) is 17.9 Å². The maximum Gasteiger partial charge on any atom is 0.345 e.